The van der Waals surface area contributed by atoms with Gasteiger partial charge in [-0.25, -0.2) is 4.39 Å². The molecular formula is C9H13FN2O. The van der Waals surface area contributed by atoms with Crippen LogP contribution in [0.1, 0.15) is 6.42 Å². The topological polar surface area (TPSA) is 58.3 Å². The van der Waals surface area contributed by atoms with Gasteiger partial charge in [-0.05, 0) is 25.1 Å². The van der Waals surface area contributed by atoms with E-state index in [1.807, 2.05) is 0 Å². The van der Waals surface area contributed by atoms with Crippen LogP contribution in [0.5, 0.6) is 5.75 Å². The van der Waals surface area contributed by atoms with E-state index in [1.54, 1.807) is 6.07 Å². The van der Waals surface area contributed by atoms with Crippen LogP contribution in [0.15, 0.2) is 18.2 Å². The average molecular weight is 184 g/mol. The third kappa shape index (κ3) is 2.91. The molecule has 0 heterocycles. The van der Waals surface area contributed by atoms with Crippen LogP contribution in [0.4, 0.5) is 10.1 Å². The van der Waals surface area contributed by atoms with Gasteiger partial charge < -0.3 is 16.2 Å². The highest BCUT2D eigenvalue weighted by Crippen LogP contribution is 2.18. The van der Waals surface area contributed by atoms with E-state index in [4.69, 9.17) is 10.8 Å². The van der Waals surface area contributed by atoms with Crippen LogP contribution in [0.25, 0.3) is 0 Å². The summed E-state index contributed by atoms with van der Waals surface area (Å²) in [5, 5.41) is 11.9. The van der Waals surface area contributed by atoms with E-state index in [2.05, 4.69) is 5.32 Å². The largest absolute Gasteiger partial charge is 0.505 e. The van der Waals surface area contributed by atoms with Gasteiger partial charge in [-0.1, -0.05) is 0 Å². The molecule has 4 heteroatoms. The van der Waals surface area contributed by atoms with Crippen molar-refractivity contribution in [2.45, 2.75) is 6.42 Å². The van der Waals surface area contributed by atoms with Crippen LogP contribution in [0.3, 0.4) is 0 Å². The molecular weight excluding hydrogens is 171 g/mol. The number of hydrogen-bond acceptors (Lipinski definition) is 3. The molecule has 1 aromatic carbocycles. The molecule has 0 aliphatic carbocycles. The molecule has 0 unspecified atom stereocenters. The molecule has 0 spiro atoms. The molecule has 1 rings (SSSR count). The van der Waals surface area contributed by atoms with Gasteiger partial charge in [-0.15, -0.1) is 0 Å². The molecule has 0 amide bonds. The number of halogens is 1. The first-order valence-electron chi connectivity index (χ1n) is 4.16. The molecule has 0 saturated carbocycles. The summed E-state index contributed by atoms with van der Waals surface area (Å²) < 4.78 is 12.8. The highest BCUT2D eigenvalue weighted by Gasteiger charge is 1.99. The minimum absolute atomic E-state index is 0.329. The van der Waals surface area contributed by atoms with Crippen molar-refractivity contribution in [2.75, 3.05) is 18.4 Å². The fourth-order valence-corrected chi connectivity index (χ4v) is 0.952. The summed E-state index contributed by atoms with van der Waals surface area (Å²) in [6.45, 7) is 1.31. The highest BCUT2D eigenvalue weighted by molar-refractivity contribution is 5.46. The van der Waals surface area contributed by atoms with Gasteiger partial charge in [0.05, 0.1) is 0 Å². The van der Waals surface area contributed by atoms with E-state index >= 15 is 0 Å². The van der Waals surface area contributed by atoms with E-state index in [0.717, 1.165) is 6.42 Å². The molecule has 3 nitrogen and oxygen atoms in total. The van der Waals surface area contributed by atoms with Crippen LogP contribution in [-0.2, 0) is 0 Å². The summed E-state index contributed by atoms with van der Waals surface area (Å²) in [4.78, 5) is 0. The number of rotatable bonds is 4. The van der Waals surface area contributed by atoms with E-state index in [9.17, 15) is 4.39 Å². The van der Waals surface area contributed by atoms with Crippen molar-refractivity contribution in [1.29, 1.82) is 0 Å². The molecule has 0 aliphatic rings. The van der Waals surface area contributed by atoms with Crippen LogP contribution in [-0.4, -0.2) is 18.2 Å². The zero-order chi connectivity index (χ0) is 9.68. The van der Waals surface area contributed by atoms with Crippen molar-refractivity contribution >= 4 is 5.69 Å². The molecule has 0 fully saturated rings. The van der Waals surface area contributed by atoms with Crippen molar-refractivity contribution in [2.24, 2.45) is 5.73 Å². The van der Waals surface area contributed by atoms with Gasteiger partial charge in [0.25, 0.3) is 0 Å². The third-order valence-electron chi connectivity index (χ3n) is 1.66. The summed E-state index contributed by atoms with van der Waals surface area (Å²) in [7, 11) is 0. The second-order valence-corrected chi connectivity index (χ2v) is 2.74. The second kappa shape index (κ2) is 4.67. The van der Waals surface area contributed by atoms with Crippen molar-refractivity contribution in [1.82, 2.24) is 0 Å². The lowest BCUT2D eigenvalue weighted by atomic mass is 10.3. The Morgan fingerprint density at radius 3 is 2.85 bits per heavy atom. The van der Waals surface area contributed by atoms with Gasteiger partial charge in [-0.3, -0.25) is 0 Å². The quantitative estimate of drug-likeness (QED) is 0.488. The zero-order valence-electron chi connectivity index (χ0n) is 7.26. The monoisotopic (exact) mass is 184 g/mol. The molecule has 0 radical (unpaired) electrons. The Kier molecular flexibility index (Phi) is 3.52. The van der Waals surface area contributed by atoms with Crippen molar-refractivity contribution in [3.05, 3.63) is 24.0 Å². The number of phenols is 1. The minimum atomic E-state index is -0.613. The van der Waals surface area contributed by atoms with Gasteiger partial charge in [0.2, 0.25) is 0 Å². The maximum absolute atomic E-state index is 12.8. The van der Waals surface area contributed by atoms with Crippen LogP contribution >= 0.6 is 0 Å². The average Bonchev–Trinajstić information content (AvgIpc) is 2.12. The lowest BCUT2D eigenvalue weighted by molar-refractivity contribution is 0.432. The Labute approximate surface area is 76.4 Å². The molecule has 0 bridgehead atoms. The Hall–Kier alpha value is -1.29. The number of phenolic OH excluding ortho intramolecular Hbond substituents is 1. The Morgan fingerprint density at radius 1 is 1.46 bits per heavy atom. The van der Waals surface area contributed by atoms with E-state index in [1.165, 1.54) is 12.1 Å². The number of anilines is 1. The number of aromatic hydroxyl groups is 1. The predicted molar refractivity (Wildman–Crippen MR) is 50.2 cm³/mol. The molecule has 0 aromatic heterocycles. The summed E-state index contributed by atoms with van der Waals surface area (Å²) in [6, 6.07) is 4.20. The van der Waals surface area contributed by atoms with Crippen LogP contribution in [0, 0.1) is 5.82 Å². The lowest BCUT2D eigenvalue weighted by Gasteiger charge is -2.05. The van der Waals surface area contributed by atoms with Gasteiger partial charge >= 0.3 is 0 Å². The zero-order valence-corrected chi connectivity index (χ0v) is 7.26. The summed E-state index contributed by atoms with van der Waals surface area (Å²) in [5.41, 5.74) is 5.95. The Balaban J connectivity index is 2.53. The molecule has 1 aromatic rings. The van der Waals surface area contributed by atoms with Crippen LogP contribution < -0.4 is 11.1 Å². The molecule has 0 atom stereocenters. The number of hydrogen-bond donors (Lipinski definition) is 3. The Morgan fingerprint density at radius 2 is 2.23 bits per heavy atom. The molecule has 0 saturated heterocycles. The first-order chi connectivity index (χ1) is 6.24. The van der Waals surface area contributed by atoms with E-state index < -0.39 is 5.82 Å². The summed E-state index contributed by atoms with van der Waals surface area (Å²) >= 11 is 0. The maximum Gasteiger partial charge on any atom is 0.166 e. The normalized spacial score (nSPS) is 10.0. The second-order valence-electron chi connectivity index (χ2n) is 2.74. The SMILES string of the molecule is NCCCNc1ccc(O)c(F)c1. The first-order valence-corrected chi connectivity index (χ1v) is 4.16. The van der Waals surface area contributed by atoms with Crippen molar-refractivity contribution in [3.8, 4) is 5.75 Å². The lowest BCUT2D eigenvalue weighted by Crippen LogP contribution is -2.08. The maximum atomic E-state index is 12.8. The number of nitrogens with two attached hydrogens (primary N) is 1. The van der Waals surface area contributed by atoms with Crippen LogP contribution in [0.2, 0.25) is 0 Å². The van der Waals surface area contributed by atoms with Crippen molar-refractivity contribution in [3.63, 3.8) is 0 Å². The number of nitrogens with one attached hydrogen (secondary N) is 1. The Bertz CT molecular complexity index is 278. The van der Waals surface area contributed by atoms with E-state index in [0.29, 0.717) is 18.8 Å². The number of benzene rings is 1. The predicted octanol–water partition coefficient (Wildman–Crippen LogP) is 1.29. The van der Waals surface area contributed by atoms with Gasteiger partial charge in [-0.2, -0.15) is 0 Å². The first kappa shape index (κ1) is 9.80. The standard InChI is InChI=1S/C9H13FN2O/c10-8-6-7(2-3-9(8)13)12-5-1-4-11/h2-3,6,12-13H,1,4-5,11H2. The van der Waals surface area contributed by atoms with Gasteiger partial charge in [0, 0.05) is 18.3 Å². The smallest absolute Gasteiger partial charge is 0.166 e. The summed E-state index contributed by atoms with van der Waals surface area (Å²) in [6.07, 6.45) is 0.836. The molecule has 72 valence electrons. The highest BCUT2D eigenvalue weighted by atomic mass is 19.1. The molecule has 13 heavy (non-hydrogen) atoms. The minimum Gasteiger partial charge on any atom is -0.505 e. The summed E-state index contributed by atoms with van der Waals surface area (Å²) in [5.74, 6) is -0.942. The molecule has 4 N–H and O–H groups in total. The fraction of sp³-hybridized carbons (Fsp3) is 0.333. The fourth-order valence-electron chi connectivity index (χ4n) is 0.952. The van der Waals surface area contributed by atoms with Crippen molar-refractivity contribution < 1.29 is 9.50 Å². The third-order valence-corrected chi connectivity index (χ3v) is 1.66. The van der Waals surface area contributed by atoms with E-state index in [-0.39, 0.29) is 5.75 Å². The van der Waals surface area contributed by atoms with Gasteiger partial charge in [0.1, 0.15) is 0 Å². The van der Waals surface area contributed by atoms with Gasteiger partial charge in [0.15, 0.2) is 11.6 Å². The molecule has 0 aliphatic heterocycles.